The zero-order chi connectivity index (χ0) is 12.3. The summed E-state index contributed by atoms with van der Waals surface area (Å²) in [5.74, 6) is 0.914. The number of furan rings is 1. The van der Waals surface area contributed by atoms with Gasteiger partial charge in [0.05, 0.1) is 12.3 Å². The normalized spacial score (nSPS) is 12.6. The van der Waals surface area contributed by atoms with E-state index < -0.39 is 0 Å². The molecule has 0 aliphatic heterocycles. The van der Waals surface area contributed by atoms with Gasteiger partial charge in [0.15, 0.2) is 0 Å². The molecule has 0 bridgehead atoms. The van der Waals surface area contributed by atoms with E-state index in [0.717, 1.165) is 22.9 Å². The summed E-state index contributed by atoms with van der Waals surface area (Å²) >= 11 is 6.06. The van der Waals surface area contributed by atoms with Crippen LogP contribution >= 0.6 is 11.6 Å². The number of rotatable bonds is 4. The van der Waals surface area contributed by atoms with E-state index in [-0.39, 0.29) is 6.04 Å². The second-order valence-corrected chi connectivity index (χ2v) is 4.44. The molecule has 2 rings (SSSR count). The van der Waals surface area contributed by atoms with Crippen LogP contribution in [0.15, 0.2) is 41.0 Å². The third-order valence-electron chi connectivity index (χ3n) is 2.79. The third-order valence-corrected chi connectivity index (χ3v) is 3.02. The highest BCUT2D eigenvalue weighted by atomic mass is 35.5. The topological polar surface area (TPSA) is 25.2 Å². The van der Waals surface area contributed by atoms with Crippen molar-refractivity contribution in [3.05, 3.63) is 58.5 Å². The monoisotopic (exact) mass is 249 g/mol. The Bertz CT molecular complexity index is 479. The van der Waals surface area contributed by atoms with E-state index >= 15 is 0 Å². The molecule has 3 heteroatoms. The Hall–Kier alpha value is -1.25. The first-order valence-electron chi connectivity index (χ1n) is 5.75. The van der Waals surface area contributed by atoms with Crippen molar-refractivity contribution in [3.63, 3.8) is 0 Å². The standard InChI is InChI=1S/C14H16ClNO/c1-3-16-14(13-5-4-8-17-13)12-9-11(15)7-6-10(12)2/h4-9,14,16H,3H2,1-2H3. The minimum Gasteiger partial charge on any atom is -0.467 e. The lowest BCUT2D eigenvalue weighted by molar-refractivity contribution is 0.451. The third kappa shape index (κ3) is 2.71. The second-order valence-electron chi connectivity index (χ2n) is 4.01. The summed E-state index contributed by atoms with van der Waals surface area (Å²) in [5.41, 5.74) is 2.37. The fraction of sp³-hybridized carbons (Fsp3) is 0.286. The molecule has 0 saturated carbocycles. The van der Waals surface area contributed by atoms with Crippen molar-refractivity contribution in [1.82, 2.24) is 5.32 Å². The van der Waals surface area contributed by atoms with Crippen LogP contribution in [0.1, 0.15) is 29.9 Å². The Morgan fingerprint density at radius 1 is 1.35 bits per heavy atom. The number of aryl methyl sites for hydroxylation is 1. The van der Waals surface area contributed by atoms with Crippen LogP contribution < -0.4 is 5.32 Å². The van der Waals surface area contributed by atoms with Gasteiger partial charge in [-0.05, 0) is 48.9 Å². The van der Waals surface area contributed by atoms with Crippen LogP contribution in [0.25, 0.3) is 0 Å². The van der Waals surface area contributed by atoms with Crippen LogP contribution in [0.2, 0.25) is 5.02 Å². The largest absolute Gasteiger partial charge is 0.467 e. The summed E-state index contributed by atoms with van der Waals surface area (Å²) < 4.78 is 5.49. The second kappa shape index (κ2) is 5.39. The molecule has 1 aromatic carbocycles. The molecule has 2 aromatic rings. The van der Waals surface area contributed by atoms with Crippen LogP contribution in [0.4, 0.5) is 0 Å². The van der Waals surface area contributed by atoms with E-state index in [1.165, 1.54) is 5.56 Å². The van der Waals surface area contributed by atoms with Crippen molar-refractivity contribution in [2.75, 3.05) is 6.54 Å². The molecule has 1 aromatic heterocycles. The maximum Gasteiger partial charge on any atom is 0.125 e. The summed E-state index contributed by atoms with van der Waals surface area (Å²) in [6.45, 7) is 5.03. The number of nitrogens with one attached hydrogen (secondary N) is 1. The van der Waals surface area contributed by atoms with Gasteiger partial charge in [0, 0.05) is 5.02 Å². The number of benzene rings is 1. The van der Waals surface area contributed by atoms with Gasteiger partial charge in [0.1, 0.15) is 5.76 Å². The molecule has 0 fully saturated rings. The van der Waals surface area contributed by atoms with E-state index in [1.807, 2.05) is 30.3 Å². The SMILES string of the molecule is CCNC(c1ccco1)c1cc(Cl)ccc1C. The molecule has 17 heavy (non-hydrogen) atoms. The Balaban J connectivity index is 2.42. The smallest absolute Gasteiger partial charge is 0.125 e. The maximum absolute atomic E-state index is 6.06. The molecule has 0 saturated heterocycles. The Kier molecular flexibility index (Phi) is 3.87. The Labute approximate surface area is 107 Å². The van der Waals surface area contributed by atoms with E-state index in [1.54, 1.807) is 6.26 Å². The van der Waals surface area contributed by atoms with Crippen molar-refractivity contribution < 1.29 is 4.42 Å². The van der Waals surface area contributed by atoms with Crippen LogP contribution in [-0.2, 0) is 0 Å². The lowest BCUT2D eigenvalue weighted by Gasteiger charge is -2.18. The van der Waals surface area contributed by atoms with Crippen LogP contribution in [0.5, 0.6) is 0 Å². The lowest BCUT2D eigenvalue weighted by atomic mass is 9.99. The van der Waals surface area contributed by atoms with Crippen LogP contribution in [0, 0.1) is 6.92 Å². The summed E-state index contributed by atoms with van der Waals surface area (Å²) in [6, 6.07) is 9.88. The van der Waals surface area contributed by atoms with Crippen molar-refractivity contribution in [2.24, 2.45) is 0 Å². The van der Waals surface area contributed by atoms with Crippen molar-refractivity contribution in [1.29, 1.82) is 0 Å². The van der Waals surface area contributed by atoms with Gasteiger partial charge in [0.2, 0.25) is 0 Å². The zero-order valence-corrected chi connectivity index (χ0v) is 10.8. The molecule has 0 radical (unpaired) electrons. The summed E-state index contributed by atoms with van der Waals surface area (Å²) in [6.07, 6.45) is 1.69. The van der Waals surface area contributed by atoms with Gasteiger partial charge in [0.25, 0.3) is 0 Å². The highest BCUT2D eigenvalue weighted by molar-refractivity contribution is 6.30. The molecular formula is C14H16ClNO. The lowest BCUT2D eigenvalue weighted by Crippen LogP contribution is -2.22. The van der Waals surface area contributed by atoms with Gasteiger partial charge in [-0.15, -0.1) is 0 Å². The fourth-order valence-electron chi connectivity index (χ4n) is 1.95. The Morgan fingerprint density at radius 2 is 2.18 bits per heavy atom. The maximum atomic E-state index is 6.06. The van der Waals surface area contributed by atoms with Crippen molar-refractivity contribution >= 4 is 11.6 Å². The highest BCUT2D eigenvalue weighted by Crippen LogP contribution is 2.27. The molecule has 0 aliphatic rings. The summed E-state index contributed by atoms with van der Waals surface area (Å²) in [4.78, 5) is 0. The molecule has 0 spiro atoms. The average molecular weight is 250 g/mol. The molecule has 0 aliphatic carbocycles. The molecular weight excluding hydrogens is 234 g/mol. The van der Waals surface area contributed by atoms with E-state index in [0.29, 0.717) is 0 Å². The van der Waals surface area contributed by atoms with Gasteiger partial charge in [-0.3, -0.25) is 0 Å². The minimum absolute atomic E-state index is 0.0636. The molecule has 1 heterocycles. The van der Waals surface area contributed by atoms with Crippen molar-refractivity contribution in [2.45, 2.75) is 19.9 Å². The number of hydrogen-bond acceptors (Lipinski definition) is 2. The summed E-state index contributed by atoms with van der Waals surface area (Å²) in [5, 5.41) is 4.17. The Morgan fingerprint density at radius 3 is 2.82 bits per heavy atom. The molecule has 1 N–H and O–H groups in total. The van der Waals surface area contributed by atoms with Gasteiger partial charge in [-0.2, -0.15) is 0 Å². The van der Waals surface area contributed by atoms with E-state index in [2.05, 4.69) is 19.2 Å². The highest BCUT2D eigenvalue weighted by Gasteiger charge is 2.17. The first kappa shape index (κ1) is 12.2. The minimum atomic E-state index is 0.0636. The van der Waals surface area contributed by atoms with E-state index in [9.17, 15) is 0 Å². The predicted molar refractivity (Wildman–Crippen MR) is 70.4 cm³/mol. The fourth-order valence-corrected chi connectivity index (χ4v) is 2.13. The van der Waals surface area contributed by atoms with Crippen molar-refractivity contribution in [3.8, 4) is 0 Å². The van der Waals surface area contributed by atoms with Gasteiger partial charge in [-0.25, -0.2) is 0 Å². The predicted octanol–water partition coefficient (Wildman–Crippen LogP) is 3.94. The quantitative estimate of drug-likeness (QED) is 0.888. The zero-order valence-electron chi connectivity index (χ0n) is 10.0. The molecule has 0 amide bonds. The average Bonchev–Trinajstić information content (AvgIpc) is 2.83. The molecule has 1 atom stereocenters. The van der Waals surface area contributed by atoms with Gasteiger partial charge < -0.3 is 9.73 Å². The van der Waals surface area contributed by atoms with Crippen LogP contribution in [0.3, 0.4) is 0 Å². The van der Waals surface area contributed by atoms with E-state index in [4.69, 9.17) is 16.0 Å². The molecule has 2 nitrogen and oxygen atoms in total. The number of hydrogen-bond donors (Lipinski definition) is 1. The summed E-state index contributed by atoms with van der Waals surface area (Å²) in [7, 11) is 0. The van der Waals surface area contributed by atoms with Gasteiger partial charge in [-0.1, -0.05) is 24.6 Å². The molecule has 1 unspecified atom stereocenters. The number of halogens is 1. The first-order valence-corrected chi connectivity index (χ1v) is 6.13. The first-order chi connectivity index (χ1) is 8.22. The molecule has 90 valence electrons. The van der Waals surface area contributed by atoms with Crippen LogP contribution in [-0.4, -0.2) is 6.54 Å². The van der Waals surface area contributed by atoms with Gasteiger partial charge >= 0.3 is 0 Å².